The molecule has 1 aromatic rings. The van der Waals surface area contributed by atoms with Gasteiger partial charge in [-0.05, 0) is 43.4 Å². The molecular weight excluding hydrogens is 232 g/mol. The van der Waals surface area contributed by atoms with Crippen molar-refractivity contribution in [2.45, 2.75) is 64.0 Å². The Kier molecular flexibility index (Phi) is 5.87. The Balaban J connectivity index is 1.72. The van der Waals surface area contributed by atoms with E-state index in [9.17, 15) is 0 Å². The van der Waals surface area contributed by atoms with Gasteiger partial charge in [-0.1, -0.05) is 50.5 Å². The van der Waals surface area contributed by atoms with E-state index in [4.69, 9.17) is 5.73 Å². The van der Waals surface area contributed by atoms with Crippen molar-refractivity contribution in [3.63, 3.8) is 0 Å². The molecule has 2 nitrogen and oxygen atoms in total. The molecule has 1 fully saturated rings. The van der Waals surface area contributed by atoms with Crippen molar-refractivity contribution in [3.05, 3.63) is 35.4 Å². The lowest BCUT2D eigenvalue weighted by Gasteiger charge is -2.29. The highest BCUT2D eigenvalue weighted by Crippen LogP contribution is 2.16. The Labute approximate surface area is 117 Å². The molecule has 1 aliphatic rings. The monoisotopic (exact) mass is 260 g/mol. The zero-order valence-electron chi connectivity index (χ0n) is 12.2. The maximum Gasteiger partial charge on any atom is 0.0219 e. The summed E-state index contributed by atoms with van der Waals surface area (Å²) in [6.45, 7) is 3.27. The van der Waals surface area contributed by atoms with Crippen molar-refractivity contribution >= 4 is 0 Å². The number of hydrogen-bond donors (Lipinski definition) is 2. The van der Waals surface area contributed by atoms with Crippen LogP contribution in [-0.4, -0.2) is 18.6 Å². The average molecular weight is 260 g/mol. The van der Waals surface area contributed by atoms with E-state index in [0.29, 0.717) is 12.1 Å². The minimum atomic E-state index is 0.362. The molecule has 1 saturated carbocycles. The van der Waals surface area contributed by atoms with Crippen LogP contribution in [-0.2, 0) is 12.8 Å². The second-order valence-corrected chi connectivity index (χ2v) is 5.83. The minimum absolute atomic E-state index is 0.362. The van der Waals surface area contributed by atoms with Gasteiger partial charge in [-0.3, -0.25) is 0 Å². The minimum Gasteiger partial charge on any atom is -0.326 e. The van der Waals surface area contributed by atoms with E-state index < -0.39 is 0 Å². The van der Waals surface area contributed by atoms with Crippen molar-refractivity contribution in [2.75, 3.05) is 6.54 Å². The third-order valence-electron chi connectivity index (χ3n) is 4.20. The number of aryl methyl sites for hydroxylation is 1. The number of hydrogen-bond acceptors (Lipinski definition) is 2. The van der Waals surface area contributed by atoms with Crippen molar-refractivity contribution in [1.82, 2.24) is 5.32 Å². The molecule has 2 atom stereocenters. The van der Waals surface area contributed by atoms with Gasteiger partial charge in [0.1, 0.15) is 0 Å². The lowest BCUT2D eigenvalue weighted by molar-refractivity contribution is 0.329. The summed E-state index contributed by atoms with van der Waals surface area (Å²) in [7, 11) is 0. The van der Waals surface area contributed by atoms with Crippen molar-refractivity contribution in [2.24, 2.45) is 5.73 Å². The topological polar surface area (TPSA) is 38.0 Å². The number of benzene rings is 1. The summed E-state index contributed by atoms with van der Waals surface area (Å²) >= 11 is 0. The summed E-state index contributed by atoms with van der Waals surface area (Å²) in [6, 6.07) is 9.98. The van der Waals surface area contributed by atoms with Crippen LogP contribution in [0.3, 0.4) is 0 Å². The van der Waals surface area contributed by atoms with E-state index in [-0.39, 0.29) is 0 Å². The van der Waals surface area contributed by atoms with Gasteiger partial charge >= 0.3 is 0 Å². The van der Waals surface area contributed by atoms with Crippen LogP contribution in [0, 0.1) is 0 Å². The van der Waals surface area contributed by atoms with Gasteiger partial charge in [-0.2, -0.15) is 0 Å². The molecule has 106 valence electrons. The molecule has 0 aromatic heterocycles. The van der Waals surface area contributed by atoms with Gasteiger partial charge in [0.2, 0.25) is 0 Å². The first-order valence-corrected chi connectivity index (χ1v) is 7.86. The molecule has 0 aliphatic heterocycles. The van der Waals surface area contributed by atoms with E-state index in [1.165, 1.54) is 49.7 Å². The summed E-state index contributed by atoms with van der Waals surface area (Å²) in [5, 5.41) is 3.63. The van der Waals surface area contributed by atoms with Crippen molar-refractivity contribution in [1.29, 1.82) is 0 Å². The summed E-state index contributed by atoms with van der Waals surface area (Å²) in [4.78, 5) is 0. The summed E-state index contributed by atoms with van der Waals surface area (Å²) in [5.74, 6) is 0. The molecule has 2 unspecified atom stereocenters. The Morgan fingerprint density at radius 3 is 2.32 bits per heavy atom. The second kappa shape index (κ2) is 7.66. The van der Waals surface area contributed by atoms with Gasteiger partial charge < -0.3 is 11.1 Å². The quantitative estimate of drug-likeness (QED) is 0.825. The lowest BCUT2D eigenvalue weighted by Crippen LogP contribution is -2.47. The van der Waals surface area contributed by atoms with E-state index >= 15 is 0 Å². The number of nitrogens with one attached hydrogen (secondary N) is 1. The average Bonchev–Trinajstić information content (AvgIpc) is 2.43. The van der Waals surface area contributed by atoms with Crippen LogP contribution in [0.2, 0.25) is 0 Å². The second-order valence-electron chi connectivity index (χ2n) is 5.83. The van der Waals surface area contributed by atoms with E-state index in [1.54, 1.807) is 0 Å². The maximum absolute atomic E-state index is 6.15. The lowest BCUT2D eigenvalue weighted by atomic mass is 9.91. The maximum atomic E-state index is 6.15. The summed E-state index contributed by atoms with van der Waals surface area (Å²) in [6.07, 6.45) is 8.58. The highest BCUT2D eigenvalue weighted by Gasteiger charge is 2.20. The van der Waals surface area contributed by atoms with Crippen LogP contribution in [0.25, 0.3) is 0 Å². The van der Waals surface area contributed by atoms with Crippen molar-refractivity contribution in [3.8, 4) is 0 Å². The first-order valence-electron chi connectivity index (χ1n) is 7.86. The molecule has 0 spiro atoms. The van der Waals surface area contributed by atoms with Gasteiger partial charge in [0.05, 0.1) is 0 Å². The van der Waals surface area contributed by atoms with Crippen LogP contribution in [0.4, 0.5) is 0 Å². The molecule has 2 heteroatoms. The Bertz CT molecular complexity index is 358. The van der Waals surface area contributed by atoms with E-state index in [0.717, 1.165) is 13.0 Å². The molecule has 0 amide bonds. The normalized spacial score (nSPS) is 23.5. The van der Waals surface area contributed by atoms with E-state index in [1.807, 2.05) is 0 Å². The van der Waals surface area contributed by atoms with Gasteiger partial charge in [0, 0.05) is 12.1 Å². The van der Waals surface area contributed by atoms with Crippen molar-refractivity contribution < 1.29 is 0 Å². The van der Waals surface area contributed by atoms with Crippen LogP contribution in [0.1, 0.15) is 50.2 Å². The van der Waals surface area contributed by atoms with Crippen LogP contribution >= 0.6 is 0 Å². The molecule has 0 heterocycles. The zero-order valence-corrected chi connectivity index (χ0v) is 12.2. The first-order chi connectivity index (χ1) is 9.29. The molecule has 2 rings (SSSR count). The van der Waals surface area contributed by atoms with Crippen LogP contribution in [0.15, 0.2) is 24.3 Å². The molecule has 0 saturated heterocycles. The summed E-state index contributed by atoms with van der Waals surface area (Å²) < 4.78 is 0. The number of rotatable bonds is 6. The van der Waals surface area contributed by atoms with Gasteiger partial charge in [-0.25, -0.2) is 0 Å². The Morgan fingerprint density at radius 2 is 1.68 bits per heavy atom. The molecule has 0 bridgehead atoms. The predicted octanol–water partition coefficient (Wildman–Crippen LogP) is 3.04. The Morgan fingerprint density at radius 1 is 1.05 bits per heavy atom. The molecular formula is C17H28N2. The van der Waals surface area contributed by atoms with Gasteiger partial charge in [-0.15, -0.1) is 0 Å². The molecule has 1 aliphatic carbocycles. The van der Waals surface area contributed by atoms with Gasteiger partial charge in [0.25, 0.3) is 0 Å². The fourth-order valence-corrected chi connectivity index (χ4v) is 2.98. The van der Waals surface area contributed by atoms with Crippen LogP contribution < -0.4 is 11.1 Å². The van der Waals surface area contributed by atoms with Crippen LogP contribution in [0.5, 0.6) is 0 Å². The highest BCUT2D eigenvalue weighted by molar-refractivity contribution is 5.22. The molecule has 0 radical (unpaired) electrons. The smallest absolute Gasteiger partial charge is 0.0219 e. The third kappa shape index (κ3) is 4.63. The summed E-state index contributed by atoms with van der Waals surface area (Å²) in [5.41, 5.74) is 9.03. The third-order valence-corrected chi connectivity index (χ3v) is 4.20. The molecule has 3 N–H and O–H groups in total. The van der Waals surface area contributed by atoms with E-state index in [2.05, 4.69) is 36.5 Å². The largest absolute Gasteiger partial charge is 0.326 e. The molecule has 19 heavy (non-hydrogen) atoms. The predicted molar refractivity (Wildman–Crippen MR) is 82.4 cm³/mol. The Hall–Kier alpha value is -0.860. The molecule has 1 aromatic carbocycles. The first kappa shape index (κ1) is 14.5. The van der Waals surface area contributed by atoms with Gasteiger partial charge in [0.15, 0.2) is 0 Å². The highest BCUT2D eigenvalue weighted by atomic mass is 14.9. The SMILES string of the molecule is CCCc1ccc(CCNC2CCCCC2N)cc1. The standard InChI is InChI=1S/C17H28N2/c1-2-5-14-8-10-15(11-9-14)12-13-19-17-7-4-3-6-16(17)18/h8-11,16-17,19H,2-7,12-13,18H2,1H3. The fraction of sp³-hybridized carbons (Fsp3) is 0.647. The fourth-order valence-electron chi connectivity index (χ4n) is 2.98. The zero-order chi connectivity index (χ0) is 13.5. The number of nitrogens with two attached hydrogens (primary N) is 1.